The Balaban J connectivity index is 1.85. The van der Waals surface area contributed by atoms with Crippen LogP contribution in [0.4, 0.5) is 23.2 Å². The lowest BCUT2D eigenvalue weighted by Gasteiger charge is -2.18. The Morgan fingerprint density at radius 3 is 2.69 bits per heavy atom. The van der Waals surface area contributed by atoms with E-state index in [9.17, 15) is 27.2 Å². The Morgan fingerprint density at radius 2 is 1.97 bits per heavy atom. The van der Waals surface area contributed by atoms with Crippen molar-refractivity contribution < 1.29 is 31.9 Å². The predicted molar refractivity (Wildman–Crippen MR) is 96.1 cm³/mol. The SMILES string of the molecule is CN1C[C@H](c2cccc(COC(F)F)c2)[C@@H](C(=O)Nc2cccc(F)c2F)C1=O. The van der Waals surface area contributed by atoms with Gasteiger partial charge in [0.05, 0.1) is 12.3 Å². The van der Waals surface area contributed by atoms with Gasteiger partial charge in [0.15, 0.2) is 11.6 Å². The Hall–Kier alpha value is -2.94. The third-order valence-electron chi connectivity index (χ3n) is 4.76. The molecule has 0 radical (unpaired) electrons. The minimum absolute atomic E-state index is 0.210. The molecule has 0 aromatic heterocycles. The second-order valence-corrected chi connectivity index (χ2v) is 6.71. The van der Waals surface area contributed by atoms with Crippen LogP contribution in [0.3, 0.4) is 0 Å². The highest BCUT2D eigenvalue weighted by Crippen LogP contribution is 2.34. The van der Waals surface area contributed by atoms with E-state index in [1.54, 1.807) is 24.3 Å². The van der Waals surface area contributed by atoms with Crippen molar-refractivity contribution in [3.8, 4) is 0 Å². The standard InChI is InChI=1S/C20H18F4N2O3/c1-26-9-13(12-5-2-4-11(8-12)10-29-20(23)24)16(19(26)28)18(27)25-15-7-3-6-14(21)17(15)22/h2-8,13,16,20H,9-10H2,1H3,(H,25,27)/t13-,16+/m1/s1. The first-order valence-electron chi connectivity index (χ1n) is 8.76. The lowest BCUT2D eigenvalue weighted by molar-refractivity contribution is -0.137. The second-order valence-electron chi connectivity index (χ2n) is 6.71. The van der Waals surface area contributed by atoms with E-state index >= 15 is 0 Å². The summed E-state index contributed by atoms with van der Waals surface area (Å²) in [6, 6.07) is 9.80. The van der Waals surface area contributed by atoms with Gasteiger partial charge in [0.1, 0.15) is 5.92 Å². The fraction of sp³-hybridized carbons (Fsp3) is 0.300. The summed E-state index contributed by atoms with van der Waals surface area (Å²) in [6.07, 6.45) is 0. The first-order valence-corrected chi connectivity index (χ1v) is 8.76. The molecule has 154 valence electrons. The van der Waals surface area contributed by atoms with E-state index in [2.05, 4.69) is 10.1 Å². The van der Waals surface area contributed by atoms with Crippen molar-refractivity contribution >= 4 is 17.5 Å². The average molecular weight is 410 g/mol. The van der Waals surface area contributed by atoms with Crippen LogP contribution >= 0.6 is 0 Å². The number of likely N-dealkylation sites (N-methyl/N-ethyl adjacent to an activating group) is 1. The van der Waals surface area contributed by atoms with Crippen LogP contribution in [0.2, 0.25) is 0 Å². The summed E-state index contributed by atoms with van der Waals surface area (Å²) in [4.78, 5) is 26.7. The zero-order valence-corrected chi connectivity index (χ0v) is 15.4. The Labute approximate surface area is 164 Å². The van der Waals surface area contributed by atoms with Gasteiger partial charge in [-0.15, -0.1) is 0 Å². The number of amides is 2. The maximum absolute atomic E-state index is 13.9. The van der Waals surface area contributed by atoms with E-state index in [1.165, 1.54) is 24.1 Å². The number of ether oxygens (including phenoxy) is 1. The third-order valence-corrected chi connectivity index (χ3v) is 4.76. The first kappa shape index (κ1) is 20.8. The van der Waals surface area contributed by atoms with Crippen LogP contribution < -0.4 is 5.32 Å². The molecule has 0 bridgehead atoms. The van der Waals surface area contributed by atoms with Gasteiger partial charge in [0.2, 0.25) is 11.8 Å². The van der Waals surface area contributed by atoms with Gasteiger partial charge in [-0.25, -0.2) is 8.78 Å². The summed E-state index contributed by atoms with van der Waals surface area (Å²) >= 11 is 0. The number of nitrogens with zero attached hydrogens (tertiary/aromatic N) is 1. The number of nitrogens with one attached hydrogen (secondary N) is 1. The molecule has 1 aliphatic rings. The van der Waals surface area contributed by atoms with Crippen molar-refractivity contribution in [2.45, 2.75) is 19.1 Å². The van der Waals surface area contributed by atoms with Crippen LogP contribution in [-0.2, 0) is 20.9 Å². The minimum Gasteiger partial charge on any atom is -0.344 e. The zero-order chi connectivity index (χ0) is 21.1. The van der Waals surface area contributed by atoms with Gasteiger partial charge in [0.25, 0.3) is 0 Å². The van der Waals surface area contributed by atoms with Crippen LogP contribution in [0.25, 0.3) is 0 Å². The average Bonchev–Trinajstić information content (AvgIpc) is 2.99. The van der Waals surface area contributed by atoms with E-state index in [1.807, 2.05) is 0 Å². The highest BCUT2D eigenvalue weighted by atomic mass is 19.3. The number of hydrogen-bond donors (Lipinski definition) is 1. The molecule has 1 aliphatic heterocycles. The number of alkyl halides is 2. The van der Waals surface area contributed by atoms with Crippen molar-refractivity contribution in [3.05, 3.63) is 65.2 Å². The highest BCUT2D eigenvalue weighted by Gasteiger charge is 2.44. The van der Waals surface area contributed by atoms with Crippen molar-refractivity contribution in [1.82, 2.24) is 4.90 Å². The molecule has 1 saturated heterocycles. The Morgan fingerprint density at radius 1 is 1.24 bits per heavy atom. The molecule has 3 rings (SSSR count). The smallest absolute Gasteiger partial charge is 0.344 e. The number of carbonyl (C=O) groups is 2. The van der Waals surface area contributed by atoms with Gasteiger partial charge in [0, 0.05) is 19.5 Å². The minimum atomic E-state index is -2.92. The molecule has 2 atom stereocenters. The van der Waals surface area contributed by atoms with Gasteiger partial charge in [-0.05, 0) is 23.3 Å². The molecule has 29 heavy (non-hydrogen) atoms. The Bertz CT molecular complexity index is 922. The monoisotopic (exact) mass is 410 g/mol. The molecular formula is C20H18F4N2O3. The molecule has 0 aliphatic carbocycles. The molecule has 0 spiro atoms. The lowest BCUT2D eigenvalue weighted by Crippen LogP contribution is -2.33. The third kappa shape index (κ3) is 4.56. The molecule has 2 amide bonds. The molecule has 1 fully saturated rings. The molecular weight excluding hydrogens is 392 g/mol. The summed E-state index contributed by atoms with van der Waals surface area (Å²) in [6.45, 7) is -3.03. The highest BCUT2D eigenvalue weighted by molar-refractivity contribution is 6.08. The quantitative estimate of drug-likeness (QED) is 0.586. The number of anilines is 1. The van der Waals surface area contributed by atoms with Crippen LogP contribution in [0.5, 0.6) is 0 Å². The molecule has 5 nitrogen and oxygen atoms in total. The number of benzene rings is 2. The second kappa shape index (κ2) is 8.60. The molecule has 2 aromatic carbocycles. The van der Waals surface area contributed by atoms with E-state index < -0.39 is 41.9 Å². The maximum Gasteiger partial charge on any atom is 0.345 e. The van der Waals surface area contributed by atoms with E-state index in [0.29, 0.717) is 11.1 Å². The molecule has 0 saturated carbocycles. The molecule has 2 aromatic rings. The zero-order valence-electron chi connectivity index (χ0n) is 15.4. The van der Waals surface area contributed by atoms with E-state index in [0.717, 1.165) is 6.07 Å². The topological polar surface area (TPSA) is 58.6 Å². The summed E-state index contributed by atoms with van der Waals surface area (Å²) < 4.78 is 56.1. The van der Waals surface area contributed by atoms with E-state index in [-0.39, 0.29) is 18.8 Å². The van der Waals surface area contributed by atoms with Gasteiger partial charge in [-0.3, -0.25) is 9.59 Å². The fourth-order valence-electron chi connectivity index (χ4n) is 3.38. The summed E-state index contributed by atoms with van der Waals surface area (Å²) in [5.41, 5.74) is 0.674. The van der Waals surface area contributed by atoms with Crippen molar-refractivity contribution in [2.75, 3.05) is 18.9 Å². The number of likely N-dealkylation sites (tertiary alicyclic amines) is 1. The molecule has 1 N–H and O–H groups in total. The number of hydrogen-bond acceptors (Lipinski definition) is 3. The van der Waals surface area contributed by atoms with Crippen molar-refractivity contribution in [3.63, 3.8) is 0 Å². The summed E-state index contributed by atoms with van der Waals surface area (Å²) in [5, 5.41) is 2.27. The van der Waals surface area contributed by atoms with Crippen LogP contribution in [0.1, 0.15) is 17.0 Å². The lowest BCUT2D eigenvalue weighted by atomic mass is 9.87. The van der Waals surface area contributed by atoms with Gasteiger partial charge in [-0.1, -0.05) is 30.3 Å². The van der Waals surface area contributed by atoms with Gasteiger partial charge in [-0.2, -0.15) is 8.78 Å². The van der Waals surface area contributed by atoms with Gasteiger partial charge >= 0.3 is 6.61 Å². The fourth-order valence-corrected chi connectivity index (χ4v) is 3.38. The van der Waals surface area contributed by atoms with Crippen LogP contribution in [-0.4, -0.2) is 36.9 Å². The van der Waals surface area contributed by atoms with Gasteiger partial charge < -0.3 is 15.0 Å². The largest absolute Gasteiger partial charge is 0.345 e. The molecule has 1 heterocycles. The van der Waals surface area contributed by atoms with Crippen molar-refractivity contribution in [2.24, 2.45) is 5.92 Å². The normalized spacial score (nSPS) is 19.1. The maximum atomic E-state index is 13.9. The molecule has 0 unspecified atom stereocenters. The van der Waals surface area contributed by atoms with E-state index in [4.69, 9.17) is 0 Å². The Kier molecular flexibility index (Phi) is 6.17. The molecule has 9 heteroatoms. The first-order chi connectivity index (χ1) is 13.8. The van der Waals surface area contributed by atoms with Crippen LogP contribution in [0.15, 0.2) is 42.5 Å². The summed E-state index contributed by atoms with van der Waals surface area (Å²) in [7, 11) is 1.52. The predicted octanol–water partition coefficient (Wildman–Crippen LogP) is 3.51. The summed E-state index contributed by atoms with van der Waals surface area (Å²) in [5.74, 6) is -5.35. The number of halogens is 4. The van der Waals surface area contributed by atoms with Crippen LogP contribution in [0, 0.1) is 17.6 Å². The van der Waals surface area contributed by atoms with Crippen molar-refractivity contribution in [1.29, 1.82) is 0 Å². The number of rotatable bonds is 6. The number of carbonyl (C=O) groups excluding carboxylic acids is 2.